The average molecular weight is 624 g/mol. The molecule has 1 nitrogen and oxygen atoms in total. The second-order valence-electron chi connectivity index (χ2n) is 15.8. The van der Waals surface area contributed by atoms with Crippen LogP contribution in [-0.4, -0.2) is 12.9 Å². The third-order valence-electron chi connectivity index (χ3n) is 11.7. The van der Waals surface area contributed by atoms with E-state index in [9.17, 15) is 0 Å². The maximum absolute atomic E-state index is 4.75. The zero-order chi connectivity index (χ0) is 30.5. The molecule has 3 aromatic carbocycles. The van der Waals surface area contributed by atoms with Gasteiger partial charge in [-0.25, -0.2) is 0 Å². The van der Waals surface area contributed by atoms with E-state index in [1.807, 2.05) is 16.0 Å². The summed E-state index contributed by atoms with van der Waals surface area (Å²) in [5.41, 5.74) is 9.00. The van der Waals surface area contributed by atoms with Crippen LogP contribution in [0.2, 0.25) is 5.23 Å². The number of hydrogen-bond acceptors (Lipinski definition) is 1. The summed E-state index contributed by atoms with van der Waals surface area (Å²) in [5, 5.41) is 4.46. The van der Waals surface area contributed by atoms with E-state index in [4.69, 9.17) is 3.80 Å². The van der Waals surface area contributed by atoms with Crippen LogP contribution in [-0.2, 0) is 16.1 Å². The maximum atomic E-state index is 4.75. The summed E-state index contributed by atoms with van der Waals surface area (Å²) in [4.78, 5) is 0. The van der Waals surface area contributed by atoms with Gasteiger partial charge in [-0.1, -0.05) is 60.7 Å². The molecule has 0 aliphatic heterocycles. The molecule has 0 spiro atoms. The first-order valence-electron chi connectivity index (χ1n) is 16.8. The molecule has 5 aliphatic carbocycles. The number of rotatable bonds is 6. The van der Waals surface area contributed by atoms with Gasteiger partial charge in [0.1, 0.15) is 0 Å². The van der Waals surface area contributed by atoms with Crippen molar-refractivity contribution in [3.8, 4) is 11.1 Å². The summed E-state index contributed by atoms with van der Waals surface area (Å²) < 4.78 is 6.65. The molecule has 226 valence electrons. The Labute approximate surface area is 267 Å². The first-order chi connectivity index (χ1) is 20.4. The number of allylic oxidation sites excluding steroid dienone is 4. The SMILES string of the molecule is CC1=C(C)C(C)[C]([Ti]([CH3])([NH]C23CC4CC(C)(CC(C)(C4)C2)C3)[SiH2]c2ccccc2)=C1C.c1ccc(-c2ccccc2)cc1. The minimum Gasteiger partial charge on any atom is -0.0622 e. The summed E-state index contributed by atoms with van der Waals surface area (Å²) >= 11 is -2.46. The minimum absolute atomic E-state index is 0.365. The Kier molecular flexibility index (Phi) is 8.48. The van der Waals surface area contributed by atoms with Crippen molar-refractivity contribution >= 4 is 12.6 Å². The van der Waals surface area contributed by atoms with Crippen LogP contribution in [0.3, 0.4) is 0 Å². The first kappa shape index (κ1) is 31.0. The number of hydrogen-bond donors (Lipinski definition) is 1. The molecule has 3 heteroatoms. The van der Waals surface area contributed by atoms with Gasteiger partial charge in [-0.2, -0.15) is 0 Å². The van der Waals surface area contributed by atoms with E-state index in [0.717, 1.165) is 5.92 Å². The fraction of sp³-hybridized carbons (Fsp3) is 0.450. The van der Waals surface area contributed by atoms with Gasteiger partial charge in [0.15, 0.2) is 0 Å². The zero-order valence-corrected chi connectivity index (χ0v) is 30.7. The fourth-order valence-electron chi connectivity index (χ4n) is 10.9. The van der Waals surface area contributed by atoms with Gasteiger partial charge >= 0.3 is 197 Å². The van der Waals surface area contributed by atoms with E-state index >= 15 is 0 Å². The van der Waals surface area contributed by atoms with E-state index in [0.29, 0.717) is 22.3 Å². The van der Waals surface area contributed by atoms with Crippen molar-refractivity contribution in [2.24, 2.45) is 22.7 Å². The van der Waals surface area contributed by atoms with Crippen molar-refractivity contribution in [3.63, 3.8) is 0 Å². The summed E-state index contributed by atoms with van der Waals surface area (Å²) in [6.07, 6.45) is 8.77. The Morgan fingerprint density at radius 3 is 1.60 bits per heavy atom. The predicted octanol–water partition coefficient (Wildman–Crippen LogP) is 9.47. The van der Waals surface area contributed by atoms with Crippen molar-refractivity contribution < 1.29 is 16.1 Å². The van der Waals surface area contributed by atoms with Crippen LogP contribution in [0.25, 0.3) is 11.1 Å². The summed E-state index contributed by atoms with van der Waals surface area (Å²) in [6, 6.07) is 32.4. The topological polar surface area (TPSA) is 12.0 Å². The van der Waals surface area contributed by atoms with Gasteiger partial charge in [-0.05, 0) is 11.1 Å². The van der Waals surface area contributed by atoms with Gasteiger partial charge < -0.3 is 0 Å². The van der Waals surface area contributed by atoms with E-state index in [1.165, 1.54) is 49.7 Å². The fourth-order valence-corrected chi connectivity index (χ4v) is 28.5. The Morgan fingerprint density at radius 1 is 0.674 bits per heavy atom. The Balaban J connectivity index is 0.000000229. The molecule has 0 amide bonds. The Morgan fingerprint density at radius 2 is 1.16 bits per heavy atom. The molecule has 3 aromatic rings. The minimum atomic E-state index is -2.46. The quantitative estimate of drug-likeness (QED) is 0.270. The van der Waals surface area contributed by atoms with Crippen molar-refractivity contribution in [3.05, 3.63) is 112 Å². The van der Waals surface area contributed by atoms with E-state index in [1.54, 1.807) is 21.9 Å². The monoisotopic (exact) mass is 623 g/mol. The second-order valence-corrected chi connectivity index (χ2v) is 29.9. The van der Waals surface area contributed by atoms with Gasteiger partial charge in [0.25, 0.3) is 0 Å². The van der Waals surface area contributed by atoms with Gasteiger partial charge in [0.05, 0.1) is 0 Å². The number of benzene rings is 3. The summed E-state index contributed by atoms with van der Waals surface area (Å²) in [5.74, 6) is 1.61. The molecule has 4 saturated carbocycles. The van der Waals surface area contributed by atoms with E-state index in [-0.39, 0.29) is 7.39 Å². The average Bonchev–Trinajstić information content (AvgIpc) is 3.15. The van der Waals surface area contributed by atoms with Crippen molar-refractivity contribution in [1.82, 2.24) is 3.80 Å². The second kappa shape index (κ2) is 11.8. The molecular weight excluding hydrogens is 570 g/mol. The van der Waals surface area contributed by atoms with Crippen LogP contribution in [0.5, 0.6) is 0 Å². The molecule has 4 fully saturated rings. The molecule has 0 aromatic heterocycles. The van der Waals surface area contributed by atoms with Crippen molar-refractivity contribution in [1.29, 1.82) is 0 Å². The van der Waals surface area contributed by atoms with Crippen LogP contribution >= 0.6 is 0 Å². The van der Waals surface area contributed by atoms with Gasteiger partial charge in [0.2, 0.25) is 0 Å². The molecule has 4 bridgehead atoms. The Bertz CT molecular complexity index is 1450. The largest absolute Gasteiger partial charge is 0.0622 e. The third kappa shape index (κ3) is 6.28. The molecule has 43 heavy (non-hydrogen) atoms. The molecular formula is C40H53NSiTi. The molecule has 0 radical (unpaired) electrons. The van der Waals surface area contributed by atoms with Gasteiger partial charge in [-0.3, -0.25) is 0 Å². The molecule has 4 atom stereocenters. The van der Waals surface area contributed by atoms with Crippen molar-refractivity contribution in [2.45, 2.75) is 90.8 Å². The van der Waals surface area contributed by atoms with E-state index in [2.05, 4.69) is 126 Å². The van der Waals surface area contributed by atoms with Crippen LogP contribution in [0, 0.1) is 22.7 Å². The van der Waals surface area contributed by atoms with Crippen LogP contribution < -0.4 is 8.99 Å². The van der Waals surface area contributed by atoms with Crippen LogP contribution in [0.15, 0.2) is 112 Å². The molecule has 1 N–H and O–H groups in total. The van der Waals surface area contributed by atoms with Crippen LogP contribution in [0.1, 0.15) is 80.1 Å². The first-order valence-corrected chi connectivity index (χ1v) is 24.6. The summed E-state index contributed by atoms with van der Waals surface area (Å²) in [6.45, 7) is 15.0. The smallest absolute Gasteiger partial charge is 0.0184 e. The van der Waals surface area contributed by atoms with Crippen molar-refractivity contribution in [2.75, 3.05) is 0 Å². The molecule has 0 saturated heterocycles. The maximum Gasteiger partial charge on any atom is -0.0184 e. The third-order valence-corrected chi connectivity index (χ3v) is 25.6. The Hall–Kier alpha value is -1.97. The normalized spacial score (nSPS) is 32.7. The standard InChI is InChI=1S/C12H20N.C12H10.C9H13.C6H7Si.CH3.Ti/c1-10-3-9-4-11(2,6-10)8-12(13,5-9)7-10;1-3-7-11(8-4-1)12-9-5-2-6-10-12;1-6-5-7(2)9(4)8(6)3;7-6-4-2-1-3-5-6;;/h9,13H,3-8H2,1-2H3;1-10H;6H,1-4H3;1-5H,7H2;1H3;/q-1;;;;;+1. The molecule has 5 aliphatic rings. The molecule has 0 heterocycles. The predicted molar refractivity (Wildman–Crippen MR) is 186 cm³/mol. The summed E-state index contributed by atoms with van der Waals surface area (Å²) in [7, 11) is -0.365. The van der Waals surface area contributed by atoms with E-state index < -0.39 is 16.1 Å². The number of nitrogens with one attached hydrogen (secondary N) is 1. The zero-order valence-electron chi connectivity index (χ0n) is 27.8. The van der Waals surface area contributed by atoms with Crippen LogP contribution in [0.4, 0.5) is 0 Å². The van der Waals surface area contributed by atoms with Gasteiger partial charge in [-0.15, -0.1) is 0 Å². The molecule has 8 rings (SSSR count). The van der Waals surface area contributed by atoms with Gasteiger partial charge in [0, 0.05) is 0 Å². The molecule has 4 unspecified atom stereocenters.